The number of nitrogens with one attached hydrogen (secondary N) is 2. The Morgan fingerprint density at radius 3 is 2.47 bits per heavy atom. The summed E-state index contributed by atoms with van der Waals surface area (Å²) in [7, 11) is 0. The Balaban J connectivity index is 1.39. The van der Waals surface area contributed by atoms with Gasteiger partial charge in [-0.2, -0.15) is 5.10 Å². The van der Waals surface area contributed by atoms with E-state index >= 15 is 0 Å². The number of para-hydroxylation sites is 2. The van der Waals surface area contributed by atoms with Gasteiger partial charge in [-0.05, 0) is 48.4 Å². The van der Waals surface area contributed by atoms with E-state index < -0.39 is 11.9 Å². The minimum atomic E-state index is -0.641. The summed E-state index contributed by atoms with van der Waals surface area (Å²) >= 11 is 12.1. The number of benzene rings is 4. The number of aromatic nitrogens is 1. The first-order valence-electron chi connectivity index (χ1n) is 11.7. The Hall–Kier alpha value is -4.39. The van der Waals surface area contributed by atoms with Gasteiger partial charge < -0.3 is 9.72 Å². The maximum Gasteiger partial charge on any atom is 0.345 e. The van der Waals surface area contributed by atoms with Gasteiger partial charge in [-0.1, -0.05) is 83.9 Å². The van der Waals surface area contributed by atoms with Crippen molar-refractivity contribution in [2.45, 2.75) is 6.92 Å². The second kappa shape index (κ2) is 10.9. The van der Waals surface area contributed by atoms with Crippen molar-refractivity contribution >= 4 is 52.2 Å². The Kier molecular flexibility index (Phi) is 7.26. The normalized spacial score (nSPS) is 11.1. The van der Waals surface area contributed by atoms with Gasteiger partial charge in [0.1, 0.15) is 11.4 Å². The highest BCUT2D eigenvalue weighted by molar-refractivity contribution is 6.36. The number of aryl methyl sites for hydroxylation is 1. The summed E-state index contributed by atoms with van der Waals surface area (Å²) in [4.78, 5) is 29.2. The van der Waals surface area contributed by atoms with E-state index in [1.165, 1.54) is 18.3 Å². The Labute approximate surface area is 228 Å². The molecule has 5 aromatic rings. The highest BCUT2D eigenvalue weighted by atomic mass is 35.5. The number of hydrazone groups is 1. The topological polar surface area (TPSA) is 83.5 Å². The van der Waals surface area contributed by atoms with Gasteiger partial charge in [-0.25, -0.2) is 10.2 Å². The maximum absolute atomic E-state index is 13.3. The molecule has 1 amide bonds. The van der Waals surface area contributed by atoms with Crippen molar-refractivity contribution in [1.29, 1.82) is 0 Å². The van der Waals surface area contributed by atoms with E-state index in [4.69, 9.17) is 27.9 Å². The smallest absolute Gasteiger partial charge is 0.345 e. The number of carbonyl (C=O) groups is 2. The van der Waals surface area contributed by atoms with Crippen molar-refractivity contribution in [3.8, 4) is 16.9 Å². The molecule has 6 nitrogen and oxygen atoms in total. The first-order chi connectivity index (χ1) is 18.4. The van der Waals surface area contributed by atoms with Gasteiger partial charge in [0.15, 0.2) is 0 Å². The molecule has 0 unspecified atom stereocenters. The first kappa shape index (κ1) is 25.3. The average molecular weight is 542 g/mol. The van der Waals surface area contributed by atoms with E-state index in [1.807, 2.05) is 55.5 Å². The summed E-state index contributed by atoms with van der Waals surface area (Å²) in [5.41, 5.74) is 7.28. The van der Waals surface area contributed by atoms with Crippen molar-refractivity contribution < 1.29 is 14.3 Å². The van der Waals surface area contributed by atoms with Crippen LogP contribution in [0.5, 0.6) is 5.75 Å². The first-order valence-corrected chi connectivity index (χ1v) is 12.4. The summed E-state index contributed by atoms with van der Waals surface area (Å²) in [6.45, 7) is 1.99. The molecule has 0 atom stereocenters. The third-order valence-corrected chi connectivity index (χ3v) is 6.52. The Bertz CT molecular complexity index is 1690. The fourth-order valence-corrected chi connectivity index (χ4v) is 4.63. The standard InChI is InChI=1S/C30H21Cl2N3O3/c1-18-8-7-12-23-26(19-9-3-2-4-10-19)28(34-27(18)23)29(36)35-33-17-20-11-5-6-13-25(20)38-30(37)22-15-14-21(31)16-24(22)32/h2-17,34H,1H3,(H,35,36). The van der Waals surface area contributed by atoms with Crippen LogP contribution in [0.1, 0.15) is 32.0 Å². The number of ether oxygens (including phenoxy) is 1. The molecule has 188 valence electrons. The fourth-order valence-electron chi connectivity index (χ4n) is 4.15. The molecule has 1 heterocycles. The van der Waals surface area contributed by atoms with Gasteiger partial charge in [-0.15, -0.1) is 0 Å². The summed E-state index contributed by atoms with van der Waals surface area (Å²) in [5.74, 6) is -0.789. The van der Waals surface area contributed by atoms with Gasteiger partial charge >= 0.3 is 5.97 Å². The lowest BCUT2D eigenvalue weighted by molar-refractivity contribution is 0.0734. The zero-order valence-corrected chi connectivity index (χ0v) is 21.7. The summed E-state index contributed by atoms with van der Waals surface area (Å²) in [5, 5.41) is 5.68. The van der Waals surface area contributed by atoms with Crippen LogP contribution < -0.4 is 10.2 Å². The number of rotatable bonds is 6. The van der Waals surface area contributed by atoms with Crippen molar-refractivity contribution in [3.63, 3.8) is 0 Å². The predicted octanol–water partition coefficient (Wildman–Crippen LogP) is 7.43. The SMILES string of the molecule is Cc1cccc2c(-c3ccccc3)c(C(=O)NN=Cc3ccccc3OC(=O)c3ccc(Cl)cc3Cl)[nH]c12. The van der Waals surface area contributed by atoms with Crippen molar-refractivity contribution in [1.82, 2.24) is 10.4 Å². The van der Waals surface area contributed by atoms with E-state index in [1.54, 1.807) is 30.3 Å². The van der Waals surface area contributed by atoms with Crippen LogP contribution in [0, 0.1) is 6.92 Å². The van der Waals surface area contributed by atoms with Crippen molar-refractivity contribution in [2.24, 2.45) is 5.10 Å². The summed E-state index contributed by atoms with van der Waals surface area (Å²) < 4.78 is 5.55. The number of fused-ring (bicyclic) bond motifs is 1. The number of nitrogens with zero attached hydrogens (tertiary/aromatic N) is 1. The third-order valence-electron chi connectivity index (χ3n) is 5.97. The molecule has 8 heteroatoms. The second-order valence-electron chi connectivity index (χ2n) is 8.49. The number of hydrogen-bond acceptors (Lipinski definition) is 4. The van der Waals surface area contributed by atoms with Crippen LogP contribution in [0.3, 0.4) is 0 Å². The number of amides is 1. The van der Waals surface area contributed by atoms with Gasteiger partial charge in [0.2, 0.25) is 0 Å². The zero-order chi connectivity index (χ0) is 26.6. The molecular weight excluding hydrogens is 521 g/mol. The van der Waals surface area contributed by atoms with E-state index in [0.29, 0.717) is 16.3 Å². The minimum Gasteiger partial charge on any atom is -0.422 e. The fraction of sp³-hybridized carbons (Fsp3) is 0.0333. The van der Waals surface area contributed by atoms with Crippen LogP contribution in [0.15, 0.2) is 96.1 Å². The van der Waals surface area contributed by atoms with Crippen LogP contribution in [-0.4, -0.2) is 23.1 Å². The number of esters is 1. The second-order valence-corrected chi connectivity index (χ2v) is 9.33. The summed E-state index contributed by atoms with van der Waals surface area (Å²) in [6, 6.07) is 27.0. The number of halogens is 2. The lowest BCUT2D eigenvalue weighted by atomic mass is 10.0. The summed E-state index contributed by atoms with van der Waals surface area (Å²) in [6.07, 6.45) is 1.42. The van der Waals surface area contributed by atoms with Gasteiger partial charge in [-0.3, -0.25) is 4.79 Å². The van der Waals surface area contributed by atoms with Crippen LogP contribution >= 0.6 is 23.2 Å². The molecule has 0 bridgehead atoms. The number of hydrogen-bond donors (Lipinski definition) is 2. The third kappa shape index (κ3) is 5.18. The lowest BCUT2D eigenvalue weighted by Crippen LogP contribution is -2.19. The van der Waals surface area contributed by atoms with Crippen molar-refractivity contribution in [2.75, 3.05) is 0 Å². The van der Waals surface area contributed by atoms with Crippen LogP contribution in [0.4, 0.5) is 0 Å². The molecule has 2 N–H and O–H groups in total. The molecular formula is C30H21Cl2N3O3. The monoisotopic (exact) mass is 541 g/mol. The minimum absolute atomic E-state index is 0.179. The number of carbonyl (C=O) groups excluding carboxylic acids is 2. The zero-order valence-electron chi connectivity index (χ0n) is 20.2. The van der Waals surface area contributed by atoms with Crippen LogP contribution in [-0.2, 0) is 0 Å². The van der Waals surface area contributed by atoms with E-state index in [2.05, 4.69) is 15.5 Å². The average Bonchev–Trinajstić information content (AvgIpc) is 3.31. The molecule has 1 aromatic heterocycles. The van der Waals surface area contributed by atoms with Gasteiger partial charge in [0.25, 0.3) is 5.91 Å². The number of aromatic amines is 1. The molecule has 0 spiro atoms. The Morgan fingerprint density at radius 2 is 1.68 bits per heavy atom. The van der Waals surface area contributed by atoms with Gasteiger partial charge in [0, 0.05) is 27.1 Å². The molecule has 4 aromatic carbocycles. The number of H-pyrrole nitrogens is 1. The Morgan fingerprint density at radius 1 is 0.921 bits per heavy atom. The highest BCUT2D eigenvalue weighted by Gasteiger charge is 2.20. The molecule has 5 rings (SSSR count). The largest absolute Gasteiger partial charge is 0.422 e. The molecule has 0 fully saturated rings. The molecule has 0 aliphatic carbocycles. The maximum atomic E-state index is 13.3. The molecule has 0 saturated carbocycles. The predicted molar refractivity (Wildman–Crippen MR) is 151 cm³/mol. The lowest BCUT2D eigenvalue weighted by Gasteiger charge is -2.08. The molecule has 0 aliphatic rings. The van der Waals surface area contributed by atoms with Crippen LogP contribution in [0.2, 0.25) is 10.0 Å². The highest BCUT2D eigenvalue weighted by Crippen LogP contribution is 2.34. The van der Waals surface area contributed by atoms with E-state index in [-0.39, 0.29) is 16.3 Å². The molecule has 0 aliphatic heterocycles. The van der Waals surface area contributed by atoms with E-state index in [9.17, 15) is 9.59 Å². The van der Waals surface area contributed by atoms with E-state index in [0.717, 1.165) is 27.6 Å². The van der Waals surface area contributed by atoms with Crippen molar-refractivity contribution in [3.05, 3.63) is 123 Å². The van der Waals surface area contributed by atoms with Crippen LogP contribution in [0.25, 0.3) is 22.0 Å². The molecule has 0 radical (unpaired) electrons. The quantitative estimate of drug-likeness (QED) is 0.101. The molecule has 0 saturated heterocycles. The van der Waals surface area contributed by atoms with Gasteiger partial charge in [0.05, 0.1) is 16.8 Å². The molecule has 38 heavy (non-hydrogen) atoms.